The molecule has 2 atom stereocenters. The predicted molar refractivity (Wildman–Crippen MR) is 78.3 cm³/mol. The normalized spacial score (nSPS) is 23.6. The Bertz CT molecular complexity index is 397. The second-order valence-electron chi connectivity index (χ2n) is 5.06. The molecule has 0 spiro atoms. The molecule has 0 saturated carbocycles. The first-order valence-corrected chi connectivity index (χ1v) is 7.05. The number of hydrogen-bond acceptors (Lipinski definition) is 5. The van der Waals surface area contributed by atoms with Crippen molar-refractivity contribution in [3.63, 3.8) is 0 Å². The molecule has 1 saturated heterocycles. The summed E-state index contributed by atoms with van der Waals surface area (Å²) in [5.74, 6) is 1.70. The van der Waals surface area contributed by atoms with Crippen LogP contribution < -0.4 is 15.2 Å². The molecule has 1 aromatic rings. The topological polar surface area (TPSA) is 57.0 Å². The number of morpholine rings is 1. The molecule has 5 heteroatoms. The Balaban J connectivity index is 1.76. The summed E-state index contributed by atoms with van der Waals surface area (Å²) in [5, 5.41) is 0. The molecule has 1 heterocycles. The van der Waals surface area contributed by atoms with E-state index in [1.807, 2.05) is 24.3 Å². The van der Waals surface area contributed by atoms with Crippen LogP contribution in [0, 0.1) is 0 Å². The second kappa shape index (κ2) is 7.47. The maximum atomic E-state index is 5.76. The highest BCUT2D eigenvalue weighted by molar-refractivity contribution is 5.31. The lowest BCUT2D eigenvalue weighted by Crippen LogP contribution is -2.51. The fourth-order valence-electron chi connectivity index (χ4n) is 2.28. The lowest BCUT2D eigenvalue weighted by molar-refractivity contribution is -0.0562. The fourth-order valence-corrected chi connectivity index (χ4v) is 2.28. The highest BCUT2D eigenvalue weighted by Gasteiger charge is 2.24. The van der Waals surface area contributed by atoms with E-state index in [0.29, 0.717) is 19.2 Å². The number of hydrogen-bond donors (Lipinski definition) is 1. The van der Waals surface area contributed by atoms with Crippen LogP contribution >= 0.6 is 0 Å². The van der Waals surface area contributed by atoms with Crippen molar-refractivity contribution in [1.29, 1.82) is 0 Å². The van der Waals surface area contributed by atoms with Crippen molar-refractivity contribution in [1.82, 2.24) is 4.90 Å². The van der Waals surface area contributed by atoms with E-state index in [1.165, 1.54) is 0 Å². The zero-order chi connectivity index (χ0) is 14.4. The maximum absolute atomic E-state index is 5.76. The lowest BCUT2D eigenvalue weighted by atomic mass is 10.2. The average Bonchev–Trinajstić information content (AvgIpc) is 2.50. The van der Waals surface area contributed by atoms with E-state index >= 15 is 0 Å². The molecular weight excluding hydrogens is 256 g/mol. The summed E-state index contributed by atoms with van der Waals surface area (Å²) in [5.41, 5.74) is 5.66. The van der Waals surface area contributed by atoms with Gasteiger partial charge in [0.2, 0.25) is 0 Å². The first kappa shape index (κ1) is 15.1. The Morgan fingerprint density at radius 2 is 2.00 bits per heavy atom. The first-order chi connectivity index (χ1) is 9.72. The number of ether oxygens (including phenoxy) is 3. The van der Waals surface area contributed by atoms with Gasteiger partial charge < -0.3 is 19.9 Å². The Morgan fingerprint density at radius 3 is 2.65 bits per heavy atom. The van der Waals surface area contributed by atoms with E-state index in [1.54, 1.807) is 7.11 Å². The lowest BCUT2D eigenvalue weighted by Gasteiger charge is -2.37. The van der Waals surface area contributed by atoms with Gasteiger partial charge >= 0.3 is 0 Å². The molecule has 0 bridgehead atoms. The second-order valence-corrected chi connectivity index (χ2v) is 5.06. The first-order valence-electron chi connectivity index (χ1n) is 7.05. The molecule has 112 valence electrons. The van der Waals surface area contributed by atoms with Crippen LogP contribution in [-0.4, -0.2) is 57.0 Å². The molecule has 0 aromatic heterocycles. The van der Waals surface area contributed by atoms with Crippen LogP contribution in [0.15, 0.2) is 24.3 Å². The van der Waals surface area contributed by atoms with E-state index in [4.69, 9.17) is 19.9 Å². The molecule has 1 fully saturated rings. The molecular formula is C15H24N2O3. The van der Waals surface area contributed by atoms with Crippen molar-refractivity contribution in [2.45, 2.75) is 19.1 Å². The Hall–Kier alpha value is -1.30. The standard InChI is InChI=1S/C15H24N2O3/c1-12-11-20-15(9-16)10-17(12)7-8-19-14-5-3-13(18-2)4-6-14/h3-6,12,15H,7-11,16H2,1-2H3. The van der Waals surface area contributed by atoms with E-state index in [0.717, 1.165) is 31.2 Å². The summed E-state index contributed by atoms with van der Waals surface area (Å²) in [4.78, 5) is 2.37. The molecule has 2 unspecified atom stereocenters. The third kappa shape index (κ3) is 4.10. The zero-order valence-electron chi connectivity index (χ0n) is 12.2. The van der Waals surface area contributed by atoms with Gasteiger partial charge in [-0.05, 0) is 31.2 Å². The third-order valence-electron chi connectivity index (χ3n) is 3.60. The Labute approximate surface area is 120 Å². The highest BCUT2D eigenvalue weighted by Crippen LogP contribution is 2.17. The van der Waals surface area contributed by atoms with Crippen LogP contribution in [0.25, 0.3) is 0 Å². The molecule has 20 heavy (non-hydrogen) atoms. The fraction of sp³-hybridized carbons (Fsp3) is 0.600. The summed E-state index contributed by atoms with van der Waals surface area (Å²) < 4.78 is 16.5. The van der Waals surface area contributed by atoms with Crippen molar-refractivity contribution in [3.05, 3.63) is 24.3 Å². The molecule has 5 nitrogen and oxygen atoms in total. The minimum atomic E-state index is 0.146. The molecule has 1 aromatic carbocycles. The highest BCUT2D eigenvalue weighted by atomic mass is 16.5. The van der Waals surface area contributed by atoms with Crippen molar-refractivity contribution in [2.24, 2.45) is 5.73 Å². The van der Waals surface area contributed by atoms with Crippen molar-refractivity contribution in [3.8, 4) is 11.5 Å². The average molecular weight is 280 g/mol. The van der Waals surface area contributed by atoms with E-state index < -0.39 is 0 Å². The minimum Gasteiger partial charge on any atom is -0.497 e. The number of nitrogens with zero attached hydrogens (tertiary/aromatic N) is 1. The van der Waals surface area contributed by atoms with Crippen LogP contribution in [-0.2, 0) is 4.74 Å². The molecule has 2 N–H and O–H groups in total. The SMILES string of the molecule is COc1ccc(OCCN2CC(CN)OCC2C)cc1. The van der Waals surface area contributed by atoms with E-state index in [2.05, 4.69) is 11.8 Å². The summed E-state index contributed by atoms with van der Waals surface area (Å²) >= 11 is 0. The van der Waals surface area contributed by atoms with Crippen LogP contribution in [0.3, 0.4) is 0 Å². The van der Waals surface area contributed by atoms with Gasteiger partial charge in [0.25, 0.3) is 0 Å². The smallest absolute Gasteiger partial charge is 0.119 e. The number of rotatable bonds is 6. The summed E-state index contributed by atoms with van der Waals surface area (Å²) in [6, 6.07) is 8.06. The number of benzene rings is 1. The van der Waals surface area contributed by atoms with E-state index in [-0.39, 0.29) is 6.10 Å². The van der Waals surface area contributed by atoms with Gasteiger partial charge in [-0.15, -0.1) is 0 Å². The monoisotopic (exact) mass is 280 g/mol. The largest absolute Gasteiger partial charge is 0.497 e. The predicted octanol–water partition coefficient (Wildman–Crippen LogP) is 1.12. The van der Waals surface area contributed by atoms with Gasteiger partial charge in [0.05, 0.1) is 19.8 Å². The van der Waals surface area contributed by atoms with Crippen LogP contribution in [0.1, 0.15) is 6.92 Å². The van der Waals surface area contributed by atoms with Crippen LogP contribution in [0.5, 0.6) is 11.5 Å². The minimum absolute atomic E-state index is 0.146. The molecule has 1 aliphatic rings. The van der Waals surface area contributed by atoms with Gasteiger partial charge in [-0.1, -0.05) is 0 Å². The van der Waals surface area contributed by atoms with Gasteiger partial charge in [-0.3, -0.25) is 4.90 Å². The number of nitrogens with two attached hydrogens (primary N) is 1. The van der Waals surface area contributed by atoms with Gasteiger partial charge in [0.1, 0.15) is 18.1 Å². The van der Waals surface area contributed by atoms with Gasteiger partial charge in [-0.25, -0.2) is 0 Å². The van der Waals surface area contributed by atoms with Crippen molar-refractivity contribution < 1.29 is 14.2 Å². The van der Waals surface area contributed by atoms with Gasteiger partial charge in [0.15, 0.2) is 0 Å². The Morgan fingerprint density at radius 1 is 1.30 bits per heavy atom. The van der Waals surface area contributed by atoms with Gasteiger partial charge in [0, 0.05) is 25.7 Å². The summed E-state index contributed by atoms with van der Waals surface area (Å²) in [6.07, 6.45) is 0.146. The van der Waals surface area contributed by atoms with Gasteiger partial charge in [-0.2, -0.15) is 0 Å². The molecule has 0 aliphatic carbocycles. The van der Waals surface area contributed by atoms with Crippen LogP contribution in [0.4, 0.5) is 0 Å². The molecule has 0 amide bonds. The van der Waals surface area contributed by atoms with E-state index in [9.17, 15) is 0 Å². The third-order valence-corrected chi connectivity index (χ3v) is 3.60. The molecule has 0 radical (unpaired) electrons. The summed E-state index contributed by atoms with van der Waals surface area (Å²) in [6.45, 7) is 5.90. The molecule has 1 aliphatic heterocycles. The summed E-state index contributed by atoms with van der Waals surface area (Å²) in [7, 11) is 1.66. The quantitative estimate of drug-likeness (QED) is 0.846. The Kier molecular flexibility index (Phi) is 5.64. The number of methoxy groups -OCH3 is 1. The zero-order valence-corrected chi connectivity index (χ0v) is 12.2. The maximum Gasteiger partial charge on any atom is 0.119 e. The van der Waals surface area contributed by atoms with Crippen molar-refractivity contribution in [2.75, 3.05) is 40.0 Å². The van der Waals surface area contributed by atoms with Crippen LogP contribution in [0.2, 0.25) is 0 Å². The molecule has 2 rings (SSSR count). The van der Waals surface area contributed by atoms with Crippen molar-refractivity contribution >= 4 is 0 Å².